The van der Waals surface area contributed by atoms with Crippen LogP contribution in [0.4, 0.5) is 5.00 Å². The van der Waals surface area contributed by atoms with Gasteiger partial charge in [-0.1, -0.05) is 0 Å². The molecule has 1 fully saturated rings. The maximum Gasteiger partial charge on any atom is 0.257 e. The van der Waals surface area contributed by atoms with Gasteiger partial charge in [-0.05, 0) is 31.2 Å². The van der Waals surface area contributed by atoms with Crippen molar-refractivity contribution in [2.45, 2.75) is 31.4 Å². The van der Waals surface area contributed by atoms with E-state index in [1.807, 2.05) is 4.90 Å². The number of rotatable bonds is 1. The fourth-order valence-corrected chi connectivity index (χ4v) is 5.85. The average molecular weight is 314 g/mol. The molecule has 5 nitrogen and oxygen atoms in total. The fraction of sp³-hybridized carbons (Fsp3) is 0.615. The second kappa shape index (κ2) is 5.04. The number of thiophene rings is 1. The minimum atomic E-state index is -3.02. The number of nitrogens with zero attached hydrogens (tertiary/aromatic N) is 1. The van der Waals surface area contributed by atoms with Crippen molar-refractivity contribution in [2.75, 3.05) is 24.6 Å². The molecule has 2 N–H and O–H groups in total. The Morgan fingerprint density at radius 3 is 2.60 bits per heavy atom. The number of hydrogen-bond acceptors (Lipinski definition) is 5. The van der Waals surface area contributed by atoms with E-state index in [0.717, 1.165) is 36.4 Å². The maximum atomic E-state index is 12.6. The Morgan fingerprint density at radius 1 is 1.20 bits per heavy atom. The van der Waals surface area contributed by atoms with E-state index in [9.17, 15) is 13.2 Å². The molecule has 7 heteroatoms. The third kappa shape index (κ3) is 2.44. The average Bonchev–Trinajstić information content (AvgIpc) is 2.72. The summed E-state index contributed by atoms with van der Waals surface area (Å²) in [6.07, 6.45) is 3.65. The van der Waals surface area contributed by atoms with Crippen molar-refractivity contribution in [3.63, 3.8) is 0 Å². The fourth-order valence-electron chi connectivity index (χ4n) is 2.93. The molecule has 1 aromatic rings. The predicted molar refractivity (Wildman–Crippen MR) is 79.7 cm³/mol. The van der Waals surface area contributed by atoms with Crippen molar-refractivity contribution in [1.82, 2.24) is 4.90 Å². The highest BCUT2D eigenvalue weighted by atomic mass is 32.2. The molecule has 0 saturated carbocycles. The molecule has 0 unspecified atom stereocenters. The highest BCUT2D eigenvalue weighted by Crippen LogP contribution is 2.37. The molecule has 20 heavy (non-hydrogen) atoms. The first-order valence-corrected chi connectivity index (χ1v) is 9.51. The van der Waals surface area contributed by atoms with Crippen molar-refractivity contribution < 1.29 is 13.2 Å². The number of carbonyl (C=O) groups is 1. The first-order valence-electron chi connectivity index (χ1n) is 6.87. The van der Waals surface area contributed by atoms with Crippen LogP contribution >= 0.6 is 11.3 Å². The molecular formula is C13H18N2O3S2. The van der Waals surface area contributed by atoms with Crippen LogP contribution in [0.5, 0.6) is 0 Å². The topological polar surface area (TPSA) is 80.5 Å². The van der Waals surface area contributed by atoms with Gasteiger partial charge in [0.2, 0.25) is 0 Å². The molecule has 3 heterocycles. The summed E-state index contributed by atoms with van der Waals surface area (Å²) < 4.78 is 23.4. The van der Waals surface area contributed by atoms with E-state index in [0.29, 0.717) is 17.0 Å². The Balaban J connectivity index is 1.94. The van der Waals surface area contributed by atoms with Crippen LogP contribution in [0.1, 0.15) is 40.1 Å². The molecule has 1 amide bonds. The molecule has 0 atom stereocenters. The van der Waals surface area contributed by atoms with Gasteiger partial charge in [0, 0.05) is 18.0 Å². The number of piperidine rings is 1. The molecule has 0 spiro atoms. The monoisotopic (exact) mass is 314 g/mol. The molecule has 3 rings (SSSR count). The number of nitrogens with two attached hydrogens (primary N) is 1. The lowest BCUT2D eigenvalue weighted by Gasteiger charge is -2.27. The van der Waals surface area contributed by atoms with Crippen LogP contribution in [0.15, 0.2) is 0 Å². The largest absolute Gasteiger partial charge is 0.390 e. The summed E-state index contributed by atoms with van der Waals surface area (Å²) in [5.41, 5.74) is 7.44. The molecule has 1 saturated heterocycles. The van der Waals surface area contributed by atoms with Gasteiger partial charge in [-0.2, -0.15) is 0 Å². The van der Waals surface area contributed by atoms with Crippen LogP contribution in [0.2, 0.25) is 0 Å². The lowest BCUT2D eigenvalue weighted by atomic mass is 10.0. The minimum absolute atomic E-state index is 0.0148. The zero-order valence-electron chi connectivity index (χ0n) is 11.2. The Labute approximate surface area is 122 Å². The Bertz CT molecular complexity index is 643. The highest BCUT2D eigenvalue weighted by molar-refractivity contribution is 7.90. The van der Waals surface area contributed by atoms with Crippen LogP contribution in [0, 0.1) is 0 Å². The number of amides is 1. The number of carbonyl (C=O) groups excluding carboxylic acids is 1. The summed E-state index contributed by atoms with van der Waals surface area (Å²) in [7, 11) is -3.02. The molecule has 0 aromatic carbocycles. The van der Waals surface area contributed by atoms with Gasteiger partial charge in [0.25, 0.3) is 5.91 Å². The smallest absolute Gasteiger partial charge is 0.257 e. The second-order valence-corrected chi connectivity index (χ2v) is 8.76. The summed E-state index contributed by atoms with van der Waals surface area (Å²) in [4.78, 5) is 15.2. The third-order valence-corrected chi connectivity index (χ3v) is 6.79. The Hall–Kier alpha value is -1.08. The minimum Gasteiger partial charge on any atom is -0.390 e. The molecule has 2 aliphatic rings. The molecule has 0 aliphatic carbocycles. The van der Waals surface area contributed by atoms with E-state index in [4.69, 9.17) is 5.73 Å². The predicted octanol–water partition coefficient (Wildman–Crippen LogP) is 1.43. The lowest BCUT2D eigenvalue weighted by molar-refractivity contribution is 0.0724. The second-order valence-electron chi connectivity index (χ2n) is 5.44. The van der Waals surface area contributed by atoms with Crippen LogP contribution in [0.3, 0.4) is 0 Å². The number of likely N-dealkylation sites (tertiary alicyclic amines) is 1. The standard InChI is InChI=1S/C13H18N2O3S2/c14-12-11(13(16)15-5-2-1-3-6-15)9-4-7-20(17,18)8-10(9)19-12/h1-8,14H2. The highest BCUT2D eigenvalue weighted by Gasteiger charge is 2.31. The summed E-state index contributed by atoms with van der Waals surface area (Å²) in [6.45, 7) is 1.56. The van der Waals surface area contributed by atoms with Gasteiger partial charge >= 0.3 is 0 Å². The number of hydrogen-bond donors (Lipinski definition) is 1. The first kappa shape index (κ1) is 13.9. The van der Waals surface area contributed by atoms with E-state index >= 15 is 0 Å². The van der Waals surface area contributed by atoms with Gasteiger partial charge in [-0.15, -0.1) is 11.3 Å². The van der Waals surface area contributed by atoms with E-state index in [-0.39, 0.29) is 17.4 Å². The van der Waals surface area contributed by atoms with Crippen molar-refractivity contribution >= 4 is 32.1 Å². The van der Waals surface area contributed by atoms with Crippen molar-refractivity contribution in [3.05, 3.63) is 16.0 Å². The summed E-state index contributed by atoms with van der Waals surface area (Å²) >= 11 is 1.26. The van der Waals surface area contributed by atoms with Gasteiger partial charge in [0.1, 0.15) is 0 Å². The summed E-state index contributed by atoms with van der Waals surface area (Å²) in [6, 6.07) is 0. The summed E-state index contributed by atoms with van der Waals surface area (Å²) in [5, 5.41) is 0.475. The van der Waals surface area contributed by atoms with Gasteiger partial charge in [0.15, 0.2) is 9.84 Å². The number of sulfone groups is 1. The van der Waals surface area contributed by atoms with Crippen molar-refractivity contribution in [2.24, 2.45) is 0 Å². The number of anilines is 1. The normalized spacial score (nSPS) is 21.5. The van der Waals surface area contributed by atoms with Crippen LogP contribution in [0.25, 0.3) is 0 Å². The van der Waals surface area contributed by atoms with E-state index in [2.05, 4.69) is 0 Å². The SMILES string of the molecule is Nc1sc2c(c1C(=O)N1CCCCC1)CCS(=O)(=O)C2. The molecule has 1 aromatic heterocycles. The molecule has 2 aliphatic heterocycles. The zero-order chi connectivity index (χ0) is 14.3. The van der Waals surface area contributed by atoms with Crippen molar-refractivity contribution in [3.8, 4) is 0 Å². The van der Waals surface area contributed by atoms with E-state index in [1.165, 1.54) is 17.8 Å². The van der Waals surface area contributed by atoms with Gasteiger partial charge < -0.3 is 10.6 Å². The van der Waals surface area contributed by atoms with Gasteiger partial charge in [-0.3, -0.25) is 4.79 Å². The maximum absolute atomic E-state index is 12.6. The number of fused-ring (bicyclic) bond motifs is 1. The Morgan fingerprint density at radius 2 is 1.90 bits per heavy atom. The Kier molecular flexibility index (Phi) is 3.50. The molecular weight excluding hydrogens is 296 g/mol. The van der Waals surface area contributed by atoms with E-state index < -0.39 is 9.84 Å². The van der Waals surface area contributed by atoms with Crippen LogP contribution in [-0.2, 0) is 22.0 Å². The van der Waals surface area contributed by atoms with Crippen LogP contribution in [-0.4, -0.2) is 38.1 Å². The van der Waals surface area contributed by atoms with Crippen LogP contribution < -0.4 is 5.73 Å². The third-order valence-electron chi connectivity index (χ3n) is 3.99. The molecule has 110 valence electrons. The lowest BCUT2D eigenvalue weighted by Crippen LogP contribution is -2.36. The zero-order valence-corrected chi connectivity index (χ0v) is 12.9. The first-order chi connectivity index (χ1) is 9.48. The number of nitrogen functional groups attached to an aromatic ring is 1. The van der Waals surface area contributed by atoms with Crippen molar-refractivity contribution in [1.29, 1.82) is 0 Å². The molecule has 0 radical (unpaired) electrons. The summed E-state index contributed by atoms with van der Waals surface area (Å²) in [5.74, 6) is 0.139. The van der Waals surface area contributed by atoms with Gasteiger partial charge in [0.05, 0.1) is 22.1 Å². The quantitative estimate of drug-likeness (QED) is 0.850. The molecule has 0 bridgehead atoms. The van der Waals surface area contributed by atoms with Gasteiger partial charge in [-0.25, -0.2) is 8.42 Å². The van der Waals surface area contributed by atoms with E-state index in [1.54, 1.807) is 0 Å².